The van der Waals surface area contributed by atoms with Crippen molar-refractivity contribution in [3.63, 3.8) is 0 Å². The van der Waals surface area contributed by atoms with Gasteiger partial charge in [0.05, 0.1) is 10.9 Å². The Hall–Kier alpha value is -2.37. The van der Waals surface area contributed by atoms with Gasteiger partial charge in [-0.3, -0.25) is 9.88 Å². The normalized spacial score (nSPS) is 21.8. The Morgan fingerprint density at radius 2 is 1.86 bits per heavy atom. The van der Waals surface area contributed by atoms with E-state index in [2.05, 4.69) is 26.9 Å². The van der Waals surface area contributed by atoms with Crippen LogP contribution in [-0.2, 0) is 6.42 Å². The topological polar surface area (TPSA) is 49.6 Å². The highest BCUT2D eigenvalue weighted by Gasteiger charge is 2.39. The molecule has 4 heterocycles. The average molecular weight is 410 g/mol. The summed E-state index contributed by atoms with van der Waals surface area (Å²) < 4.78 is 5.50. The molecule has 0 amide bonds. The van der Waals surface area contributed by atoms with Crippen molar-refractivity contribution >= 4 is 28.2 Å². The number of fused-ring (bicyclic) bond motifs is 3. The van der Waals surface area contributed by atoms with E-state index in [0.29, 0.717) is 17.5 Å². The maximum Gasteiger partial charge on any atom is 0.345 e. The maximum absolute atomic E-state index is 12.1. The fourth-order valence-corrected chi connectivity index (χ4v) is 4.96. The van der Waals surface area contributed by atoms with Crippen molar-refractivity contribution in [3.8, 4) is 0 Å². The van der Waals surface area contributed by atoms with E-state index >= 15 is 0 Å². The first-order chi connectivity index (χ1) is 14.2. The average Bonchev–Trinajstić information content (AvgIpc) is 2.96. The van der Waals surface area contributed by atoms with Gasteiger partial charge in [0, 0.05) is 54.6 Å². The van der Waals surface area contributed by atoms with Crippen LogP contribution >= 0.6 is 11.6 Å². The fraction of sp³-hybridized carbons (Fsp3) is 0.391. The molecular formula is C23H24ClN3O2. The lowest BCUT2D eigenvalue weighted by Crippen LogP contribution is -2.54. The first kappa shape index (κ1) is 18.6. The van der Waals surface area contributed by atoms with Gasteiger partial charge in [-0.15, -0.1) is 0 Å². The van der Waals surface area contributed by atoms with E-state index in [1.165, 1.54) is 18.5 Å². The first-order valence-electron chi connectivity index (χ1n) is 10.3. The highest BCUT2D eigenvalue weighted by molar-refractivity contribution is 6.30. The number of pyridine rings is 1. The van der Waals surface area contributed by atoms with Gasteiger partial charge in [0.15, 0.2) is 0 Å². The lowest BCUT2D eigenvalue weighted by atomic mass is 10.1. The summed E-state index contributed by atoms with van der Waals surface area (Å²) >= 11 is 6.04. The van der Waals surface area contributed by atoms with Crippen molar-refractivity contribution in [2.75, 3.05) is 24.5 Å². The van der Waals surface area contributed by atoms with Gasteiger partial charge >= 0.3 is 5.63 Å². The molecule has 0 N–H and O–H groups in total. The lowest BCUT2D eigenvalue weighted by molar-refractivity contribution is 0.166. The molecule has 0 saturated carbocycles. The maximum atomic E-state index is 12.1. The number of rotatable bonds is 5. The number of aromatic nitrogens is 1. The summed E-state index contributed by atoms with van der Waals surface area (Å²) in [6.45, 7) is 3.16. The van der Waals surface area contributed by atoms with Crippen LogP contribution in [0.15, 0.2) is 57.9 Å². The van der Waals surface area contributed by atoms with E-state index in [1.807, 2.05) is 18.2 Å². The van der Waals surface area contributed by atoms with Gasteiger partial charge in [-0.05, 0) is 62.2 Å². The lowest BCUT2D eigenvalue weighted by Gasteiger charge is -2.42. The van der Waals surface area contributed by atoms with Gasteiger partial charge in [-0.1, -0.05) is 11.6 Å². The monoisotopic (exact) mass is 409 g/mol. The van der Waals surface area contributed by atoms with Crippen molar-refractivity contribution in [1.82, 2.24) is 9.88 Å². The van der Waals surface area contributed by atoms with Crippen LogP contribution < -0.4 is 10.5 Å². The van der Waals surface area contributed by atoms with Crippen molar-refractivity contribution in [3.05, 3.63) is 69.9 Å². The number of aryl methyl sites for hydroxylation is 1. The number of piperazine rings is 1. The first-order valence-corrected chi connectivity index (χ1v) is 10.7. The molecule has 150 valence electrons. The van der Waals surface area contributed by atoms with Crippen LogP contribution in [0.2, 0.25) is 5.02 Å². The number of benzene rings is 1. The molecule has 2 aliphatic rings. The molecule has 2 aliphatic heterocycles. The third-order valence-electron chi connectivity index (χ3n) is 6.24. The highest BCUT2D eigenvalue weighted by Crippen LogP contribution is 2.33. The minimum absolute atomic E-state index is 0.290. The number of hydrogen-bond acceptors (Lipinski definition) is 5. The zero-order valence-electron chi connectivity index (χ0n) is 16.3. The van der Waals surface area contributed by atoms with Crippen molar-refractivity contribution in [2.24, 2.45) is 0 Å². The minimum Gasteiger partial charge on any atom is -0.427 e. The molecule has 0 aliphatic carbocycles. The van der Waals surface area contributed by atoms with Crippen molar-refractivity contribution < 1.29 is 4.42 Å². The van der Waals surface area contributed by atoms with E-state index in [4.69, 9.17) is 16.0 Å². The second kappa shape index (κ2) is 7.81. The molecule has 5 nitrogen and oxygen atoms in total. The molecule has 2 bridgehead atoms. The van der Waals surface area contributed by atoms with Crippen molar-refractivity contribution in [2.45, 2.75) is 37.8 Å². The smallest absolute Gasteiger partial charge is 0.345 e. The summed E-state index contributed by atoms with van der Waals surface area (Å²) in [7, 11) is 0. The van der Waals surface area contributed by atoms with Gasteiger partial charge in [0.1, 0.15) is 5.76 Å². The fourth-order valence-electron chi connectivity index (χ4n) is 4.84. The molecule has 1 aromatic carbocycles. The Kier molecular flexibility index (Phi) is 5.02. The zero-order valence-corrected chi connectivity index (χ0v) is 17.0. The summed E-state index contributed by atoms with van der Waals surface area (Å²) in [5, 5.41) is 1.33. The third kappa shape index (κ3) is 3.77. The van der Waals surface area contributed by atoms with E-state index in [0.717, 1.165) is 48.8 Å². The molecule has 3 aromatic rings. The van der Waals surface area contributed by atoms with E-state index in [-0.39, 0.29) is 5.63 Å². The Bertz CT molecular complexity index is 1050. The number of hydrogen-bond donors (Lipinski definition) is 0. The largest absolute Gasteiger partial charge is 0.427 e. The van der Waals surface area contributed by atoms with E-state index in [1.54, 1.807) is 18.3 Å². The van der Waals surface area contributed by atoms with Crippen LogP contribution in [0.3, 0.4) is 0 Å². The van der Waals surface area contributed by atoms with E-state index < -0.39 is 0 Å². The minimum atomic E-state index is -0.290. The highest BCUT2D eigenvalue weighted by atomic mass is 35.5. The standard InChI is InChI=1S/C23H24ClN3O2/c24-16-5-7-17(8-6-16)26-14-18-9-10-19(15-26)27(18)12-2-3-20-13-22-21(23(28)29-20)4-1-11-25-22/h1,4-8,11,13,18-19H,2-3,9-10,12,14-15H2. The summed E-state index contributed by atoms with van der Waals surface area (Å²) in [6.07, 6.45) is 5.96. The molecule has 2 atom stereocenters. The summed E-state index contributed by atoms with van der Waals surface area (Å²) in [5.41, 5.74) is 1.69. The van der Waals surface area contributed by atoms with Crippen LogP contribution in [0.25, 0.3) is 10.9 Å². The summed E-state index contributed by atoms with van der Waals surface area (Å²) in [6, 6.07) is 14.8. The van der Waals surface area contributed by atoms with Gasteiger partial charge in [-0.2, -0.15) is 0 Å². The third-order valence-corrected chi connectivity index (χ3v) is 6.50. The molecule has 2 saturated heterocycles. The molecule has 0 spiro atoms. The number of halogens is 1. The van der Waals surface area contributed by atoms with Crippen LogP contribution in [0.5, 0.6) is 0 Å². The second-order valence-electron chi connectivity index (χ2n) is 8.04. The SMILES string of the molecule is O=c1oc(CCCN2C3CCC2CN(c2ccc(Cl)cc2)C3)cc2ncccc12. The summed E-state index contributed by atoms with van der Waals surface area (Å²) in [5.74, 6) is 0.730. The number of anilines is 1. The van der Waals surface area contributed by atoms with Gasteiger partial charge in [0.25, 0.3) is 0 Å². The predicted molar refractivity (Wildman–Crippen MR) is 116 cm³/mol. The molecule has 5 rings (SSSR count). The molecule has 2 aromatic heterocycles. The molecule has 0 radical (unpaired) electrons. The predicted octanol–water partition coefficient (Wildman–Crippen LogP) is 4.13. The van der Waals surface area contributed by atoms with Crippen LogP contribution in [0.1, 0.15) is 25.0 Å². The van der Waals surface area contributed by atoms with Gasteiger partial charge < -0.3 is 9.32 Å². The molecular weight excluding hydrogens is 386 g/mol. The van der Waals surface area contributed by atoms with Crippen molar-refractivity contribution in [1.29, 1.82) is 0 Å². The van der Waals surface area contributed by atoms with Crippen LogP contribution in [0, 0.1) is 0 Å². The molecule has 6 heteroatoms. The van der Waals surface area contributed by atoms with E-state index in [9.17, 15) is 4.79 Å². The second-order valence-corrected chi connectivity index (χ2v) is 8.48. The van der Waals surface area contributed by atoms with Crippen LogP contribution in [0.4, 0.5) is 5.69 Å². The van der Waals surface area contributed by atoms with Crippen LogP contribution in [-0.4, -0.2) is 41.6 Å². The molecule has 2 fully saturated rings. The quantitative estimate of drug-likeness (QED) is 0.634. The zero-order chi connectivity index (χ0) is 19.8. The Morgan fingerprint density at radius 1 is 1.10 bits per heavy atom. The number of nitrogens with zero attached hydrogens (tertiary/aromatic N) is 3. The summed E-state index contributed by atoms with van der Waals surface area (Å²) in [4.78, 5) is 21.6. The van der Waals surface area contributed by atoms with Gasteiger partial charge in [0.2, 0.25) is 0 Å². The Labute approximate surface area is 174 Å². The molecule has 29 heavy (non-hydrogen) atoms. The van der Waals surface area contributed by atoms with Gasteiger partial charge in [-0.25, -0.2) is 4.79 Å². The Balaban J connectivity index is 1.21. The Morgan fingerprint density at radius 3 is 2.62 bits per heavy atom. The molecule has 2 unspecified atom stereocenters.